The van der Waals surface area contributed by atoms with Crippen LogP contribution in [-0.4, -0.2) is 28.3 Å². The molecule has 0 atom stereocenters. The average Bonchev–Trinajstić information content (AvgIpc) is 2.83. The molecular weight excluding hydrogens is 442 g/mol. The highest BCUT2D eigenvalue weighted by Crippen LogP contribution is 2.23. The Labute approximate surface area is 194 Å². The Morgan fingerprint density at radius 3 is 2.42 bits per heavy atom. The van der Waals surface area contributed by atoms with Gasteiger partial charge in [-0.15, -0.1) is 0 Å². The molecule has 4 rings (SSSR count). The van der Waals surface area contributed by atoms with Crippen LogP contribution in [0.5, 0.6) is 0 Å². The van der Waals surface area contributed by atoms with Gasteiger partial charge in [0.05, 0.1) is 11.9 Å². The molecule has 0 saturated heterocycles. The number of nitrogens with one attached hydrogen (secondary N) is 1. The van der Waals surface area contributed by atoms with Crippen LogP contribution in [0, 0.1) is 6.92 Å². The molecule has 8 heteroatoms. The monoisotopic (exact) mass is 461 g/mol. The number of carbonyl (C=O) groups is 2. The van der Waals surface area contributed by atoms with Crippen molar-refractivity contribution in [2.75, 3.05) is 11.9 Å². The molecular formula is C25H20ClN3O4. The molecule has 3 aromatic carbocycles. The van der Waals surface area contributed by atoms with E-state index in [-0.39, 0.29) is 17.8 Å². The van der Waals surface area contributed by atoms with Gasteiger partial charge in [0.25, 0.3) is 11.5 Å². The van der Waals surface area contributed by atoms with E-state index >= 15 is 0 Å². The van der Waals surface area contributed by atoms with Gasteiger partial charge in [-0.2, -0.15) is 5.10 Å². The van der Waals surface area contributed by atoms with Crippen molar-refractivity contribution >= 4 is 39.9 Å². The van der Waals surface area contributed by atoms with Gasteiger partial charge in [-0.25, -0.2) is 9.48 Å². The first-order valence-electron chi connectivity index (χ1n) is 10.2. The lowest BCUT2D eigenvalue weighted by Gasteiger charge is -2.12. The molecule has 1 heterocycles. The Kier molecular flexibility index (Phi) is 6.51. The molecule has 33 heavy (non-hydrogen) atoms. The van der Waals surface area contributed by atoms with Crippen LogP contribution in [0.1, 0.15) is 21.6 Å². The van der Waals surface area contributed by atoms with Gasteiger partial charge in [0.15, 0.2) is 12.3 Å². The standard InChI is InChI=1S/C25H20ClN3O4/c1-16-20(26)12-7-13-21(16)27-22(30)15-33-25(32)23-18-10-5-6-11-19(18)24(31)29(28-23)14-17-8-3-2-4-9-17/h2-13H,14-15H2,1H3,(H,27,30). The third-order valence-corrected chi connectivity index (χ3v) is 5.52. The van der Waals surface area contributed by atoms with Gasteiger partial charge in [-0.05, 0) is 36.2 Å². The smallest absolute Gasteiger partial charge is 0.359 e. The Balaban J connectivity index is 1.57. The van der Waals surface area contributed by atoms with E-state index in [4.69, 9.17) is 16.3 Å². The maximum absolute atomic E-state index is 12.9. The topological polar surface area (TPSA) is 90.3 Å². The second kappa shape index (κ2) is 9.67. The van der Waals surface area contributed by atoms with Gasteiger partial charge < -0.3 is 10.1 Å². The molecule has 0 unspecified atom stereocenters. The number of esters is 1. The Morgan fingerprint density at radius 1 is 0.970 bits per heavy atom. The zero-order chi connectivity index (χ0) is 23.4. The van der Waals surface area contributed by atoms with Crippen molar-refractivity contribution in [3.8, 4) is 0 Å². The number of hydrogen-bond donors (Lipinski definition) is 1. The number of amides is 1. The van der Waals surface area contributed by atoms with E-state index in [0.29, 0.717) is 27.0 Å². The number of aromatic nitrogens is 2. The first kappa shape index (κ1) is 22.2. The van der Waals surface area contributed by atoms with Gasteiger partial charge in [0, 0.05) is 16.1 Å². The number of hydrogen-bond acceptors (Lipinski definition) is 5. The van der Waals surface area contributed by atoms with Crippen molar-refractivity contribution in [1.29, 1.82) is 0 Å². The summed E-state index contributed by atoms with van der Waals surface area (Å²) >= 11 is 6.07. The van der Waals surface area contributed by atoms with Crippen molar-refractivity contribution in [2.24, 2.45) is 0 Å². The van der Waals surface area contributed by atoms with E-state index in [0.717, 1.165) is 5.56 Å². The fraction of sp³-hybridized carbons (Fsp3) is 0.120. The molecule has 0 aliphatic rings. The van der Waals surface area contributed by atoms with Gasteiger partial charge in [0.1, 0.15) is 0 Å². The predicted molar refractivity (Wildman–Crippen MR) is 127 cm³/mol. The largest absolute Gasteiger partial charge is 0.451 e. The van der Waals surface area contributed by atoms with E-state index < -0.39 is 18.5 Å². The lowest BCUT2D eigenvalue weighted by Crippen LogP contribution is -2.28. The van der Waals surface area contributed by atoms with Crippen LogP contribution in [0.4, 0.5) is 5.69 Å². The second-order valence-electron chi connectivity index (χ2n) is 7.38. The third kappa shape index (κ3) is 4.94. The van der Waals surface area contributed by atoms with Crippen LogP contribution >= 0.6 is 11.6 Å². The van der Waals surface area contributed by atoms with E-state index in [1.165, 1.54) is 4.68 Å². The van der Waals surface area contributed by atoms with Crippen LogP contribution in [-0.2, 0) is 16.1 Å². The first-order valence-corrected chi connectivity index (χ1v) is 10.6. The minimum atomic E-state index is -0.800. The maximum Gasteiger partial charge on any atom is 0.359 e. The lowest BCUT2D eigenvalue weighted by molar-refractivity contribution is -0.119. The summed E-state index contributed by atoms with van der Waals surface area (Å²) < 4.78 is 6.45. The highest BCUT2D eigenvalue weighted by molar-refractivity contribution is 6.31. The number of halogens is 1. The van der Waals surface area contributed by atoms with Crippen molar-refractivity contribution in [3.63, 3.8) is 0 Å². The van der Waals surface area contributed by atoms with Crippen LogP contribution < -0.4 is 10.9 Å². The highest BCUT2D eigenvalue weighted by Gasteiger charge is 2.19. The number of rotatable bonds is 6. The van der Waals surface area contributed by atoms with Gasteiger partial charge >= 0.3 is 5.97 Å². The molecule has 7 nitrogen and oxygen atoms in total. The van der Waals surface area contributed by atoms with Crippen LogP contribution in [0.2, 0.25) is 5.02 Å². The summed E-state index contributed by atoms with van der Waals surface area (Å²) in [5.74, 6) is -1.32. The number of fused-ring (bicyclic) bond motifs is 1. The predicted octanol–water partition coefficient (Wildman–Crippen LogP) is 4.20. The summed E-state index contributed by atoms with van der Waals surface area (Å²) in [6.07, 6.45) is 0. The van der Waals surface area contributed by atoms with Gasteiger partial charge in [0.2, 0.25) is 0 Å². The first-order chi connectivity index (χ1) is 15.9. The molecule has 0 aliphatic carbocycles. The molecule has 0 fully saturated rings. The van der Waals surface area contributed by atoms with E-state index in [1.54, 1.807) is 49.4 Å². The molecule has 166 valence electrons. The van der Waals surface area contributed by atoms with Gasteiger partial charge in [-0.1, -0.05) is 66.2 Å². The number of nitrogens with zero attached hydrogens (tertiary/aromatic N) is 2. The Morgan fingerprint density at radius 2 is 1.67 bits per heavy atom. The maximum atomic E-state index is 12.9. The fourth-order valence-electron chi connectivity index (χ4n) is 3.38. The Bertz CT molecular complexity index is 1400. The van der Waals surface area contributed by atoms with Crippen LogP contribution in [0.15, 0.2) is 77.6 Å². The van der Waals surface area contributed by atoms with Crippen molar-refractivity contribution in [2.45, 2.75) is 13.5 Å². The molecule has 0 saturated carbocycles. The summed E-state index contributed by atoms with van der Waals surface area (Å²) in [6.45, 7) is 1.45. The molecule has 1 aromatic heterocycles. The van der Waals surface area contributed by atoms with Crippen molar-refractivity contribution < 1.29 is 14.3 Å². The van der Waals surface area contributed by atoms with Crippen molar-refractivity contribution in [3.05, 3.63) is 105 Å². The summed E-state index contributed by atoms with van der Waals surface area (Å²) in [5.41, 5.74) is 1.74. The van der Waals surface area contributed by atoms with Crippen LogP contribution in [0.3, 0.4) is 0 Å². The van der Waals surface area contributed by atoms with E-state index in [9.17, 15) is 14.4 Å². The molecule has 1 amide bonds. The number of benzene rings is 3. The number of ether oxygens (including phenoxy) is 1. The summed E-state index contributed by atoms with van der Waals surface area (Å²) in [6, 6.07) is 21.1. The molecule has 0 radical (unpaired) electrons. The van der Waals surface area contributed by atoms with E-state index in [2.05, 4.69) is 10.4 Å². The average molecular weight is 462 g/mol. The minimum Gasteiger partial charge on any atom is -0.451 e. The van der Waals surface area contributed by atoms with Crippen LogP contribution in [0.25, 0.3) is 10.8 Å². The summed E-state index contributed by atoms with van der Waals surface area (Å²) in [5, 5.41) is 8.16. The molecule has 1 N–H and O–H groups in total. The molecule has 0 bridgehead atoms. The lowest BCUT2D eigenvalue weighted by atomic mass is 10.1. The molecule has 0 aliphatic heterocycles. The van der Waals surface area contributed by atoms with E-state index in [1.807, 2.05) is 30.3 Å². The SMILES string of the molecule is Cc1c(Cl)cccc1NC(=O)COC(=O)c1nn(Cc2ccccc2)c(=O)c2ccccc12. The fourth-order valence-corrected chi connectivity index (χ4v) is 3.55. The number of carbonyl (C=O) groups excluding carboxylic acids is 2. The second-order valence-corrected chi connectivity index (χ2v) is 7.79. The summed E-state index contributed by atoms with van der Waals surface area (Å²) in [7, 11) is 0. The van der Waals surface area contributed by atoms with Crippen molar-refractivity contribution in [1.82, 2.24) is 9.78 Å². The minimum absolute atomic E-state index is 0.0344. The third-order valence-electron chi connectivity index (χ3n) is 5.11. The quantitative estimate of drug-likeness (QED) is 0.434. The molecule has 0 spiro atoms. The zero-order valence-corrected chi connectivity index (χ0v) is 18.5. The highest BCUT2D eigenvalue weighted by atomic mass is 35.5. The Hall–Kier alpha value is -3.97. The molecule has 4 aromatic rings. The van der Waals surface area contributed by atoms with Gasteiger partial charge in [-0.3, -0.25) is 9.59 Å². The summed E-state index contributed by atoms with van der Waals surface area (Å²) in [4.78, 5) is 38.1. The normalized spacial score (nSPS) is 10.7. The zero-order valence-electron chi connectivity index (χ0n) is 17.7. The number of anilines is 1.